The lowest BCUT2D eigenvalue weighted by Crippen LogP contribution is -2.35. The van der Waals surface area contributed by atoms with Crippen molar-refractivity contribution in [2.45, 2.75) is 43.7 Å². The van der Waals surface area contributed by atoms with Crippen LogP contribution in [-0.4, -0.2) is 42.2 Å². The highest BCUT2D eigenvalue weighted by Crippen LogP contribution is 2.44. The fraction of sp³-hybridized carbons (Fsp3) is 0.545. The number of rotatable bonds is 3. The van der Waals surface area contributed by atoms with Crippen LogP contribution in [0.4, 0.5) is 14.6 Å². The second-order valence-electron chi connectivity index (χ2n) is 8.57. The summed E-state index contributed by atoms with van der Waals surface area (Å²) in [6, 6.07) is 4.40. The summed E-state index contributed by atoms with van der Waals surface area (Å²) >= 11 is 0. The molecule has 3 fully saturated rings. The Labute approximate surface area is 175 Å². The number of hydrazine groups is 1. The molecule has 0 spiro atoms. The van der Waals surface area contributed by atoms with E-state index in [2.05, 4.69) is 26.1 Å². The van der Waals surface area contributed by atoms with Crippen molar-refractivity contribution in [2.75, 3.05) is 31.1 Å². The molecule has 0 radical (unpaired) electrons. The number of fused-ring (bicyclic) bond motifs is 1. The van der Waals surface area contributed by atoms with E-state index < -0.39 is 11.6 Å². The van der Waals surface area contributed by atoms with Gasteiger partial charge in [-0.1, -0.05) is 6.07 Å². The number of hydrogen-bond donors (Lipinski definition) is 3. The molecule has 4 atom stereocenters. The normalized spacial score (nSPS) is 29.5. The Morgan fingerprint density at radius 2 is 1.87 bits per heavy atom. The van der Waals surface area contributed by atoms with Gasteiger partial charge in [0, 0.05) is 31.2 Å². The van der Waals surface area contributed by atoms with Crippen LogP contribution in [0.5, 0.6) is 0 Å². The number of hydrogen-bond acceptors (Lipinski definition) is 6. The van der Waals surface area contributed by atoms with E-state index in [0.717, 1.165) is 57.0 Å². The van der Waals surface area contributed by atoms with Gasteiger partial charge in [0.05, 0.1) is 24.1 Å². The highest BCUT2D eigenvalue weighted by atomic mass is 19.1. The summed E-state index contributed by atoms with van der Waals surface area (Å²) in [6.07, 6.45) is 7.08. The van der Waals surface area contributed by atoms with Crippen molar-refractivity contribution in [2.24, 2.45) is 5.92 Å². The van der Waals surface area contributed by atoms with Gasteiger partial charge in [-0.15, -0.1) is 0 Å². The Bertz CT molecular complexity index is 865. The molecule has 1 aromatic carbocycles. The summed E-state index contributed by atoms with van der Waals surface area (Å²) in [4.78, 5) is 11.7. The van der Waals surface area contributed by atoms with Gasteiger partial charge in [-0.05, 0) is 56.2 Å². The standard InChI is InChI=1S/C22H28F2N6/c23-16-3-1-4-17(24)21(16)14-5-6-18-15(11-14)22(29-28-18)19-12-26-13-20(27-19)30-9-2-7-25-8-10-30/h1,3-4,12-15,18,22,25,28-29H,2,5-11H2. The number of nitrogens with zero attached hydrogens (tertiary/aromatic N) is 3. The molecule has 0 amide bonds. The summed E-state index contributed by atoms with van der Waals surface area (Å²) < 4.78 is 28.8. The van der Waals surface area contributed by atoms with Crippen LogP contribution < -0.4 is 21.1 Å². The molecule has 6 nitrogen and oxygen atoms in total. The first-order valence-electron chi connectivity index (χ1n) is 10.9. The molecule has 2 aromatic rings. The molecule has 3 heterocycles. The molecule has 160 valence electrons. The molecular weight excluding hydrogens is 386 g/mol. The zero-order chi connectivity index (χ0) is 20.5. The van der Waals surface area contributed by atoms with Crippen molar-refractivity contribution in [3.63, 3.8) is 0 Å². The summed E-state index contributed by atoms with van der Waals surface area (Å²) in [5.74, 6) is 0.104. The SMILES string of the molecule is Fc1cccc(F)c1C1CCC2NNC(c3cncc(N4CCCNCC4)n3)C2C1. The molecule has 2 aliphatic heterocycles. The lowest BCUT2D eigenvalue weighted by Gasteiger charge is -2.33. The summed E-state index contributed by atoms with van der Waals surface area (Å²) in [7, 11) is 0. The average molecular weight is 415 g/mol. The van der Waals surface area contributed by atoms with Crippen molar-refractivity contribution in [1.29, 1.82) is 0 Å². The minimum absolute atomic E-state index is 0.0230. The average Bonchev–Trinajstić information content (AvgIpc) is 2.98. The number of anilines is 1. The third-order valence-corrected chi connectivity index (χ3v) is 6.78. The van der Waals surface area contributed by atoms with Crippen molar-refractivity contribution in [3.05, 3.63) is 53.5 Å². The van der Waals surface area contributed by atoms with Gasteiger partial charge in [0.25, 0.3) is 0 Å². The molecule has 3 aliphatic rings. The van der Waals surface area contributed by atoms with Crippen LogP contribution in [0.3, 0.4) is 0 Å². The monoisotopic (exact) mass is 414 g/mol. The van der Waals surface area contributed by atoms with Crippen LogP contribution in [0, 0.1) is 17.6 Å². The molecule has 30 heavy (non-hydrogen) atoms. The summed E-state index contributed by atoms with van der Waals surface area (Å²) in [6.45, 7) is 3.84. The molecule has 0 bridgehead atoms. The number of nitrogens with one attached hydrogen (secondary N) is 3. The minimum atomic E-state index is -0.439. The Balaban J connectivity index is 1.37. The van der Waals surface area contributed by atoms with Crippen molar-refractivity contribution in [3.8, 4) is 0 Å². The first-order chi connectivity index (χ1) is 14.7. The van der Waals surface area contributed by atoms with Gasteiger partial charge in [-0.3, -0.25) is 10.4 Å². The third-order valence-electron chi connectivity index (χ3n) is 6.78. The zero-order valence-corrected chi connectivity index (χ0v) is 17.0. The Morgan fingerprint density at radius 1 is 1.00 bits per heavy atom. The molecule has 2 saturated heterocycles. The molecule has 1 aliphatic carbocycles. The third kappa shape index (κ3) is 3.79. The maximum atomic E-state index is 14.4. The van der Waals surface area contributed by atoms with Crippen LogP contribution in [0.25, 0.3) is 0 Å². The van der Waals surface area contributed by atoms with E-state index in [-0.39, 0.29) is 29.5 Å². The predicted molar refractivity (Wildman–Crippen MR) is 111 cm³/mol. The Kier molecular flexibility index (Phi) is 5.62. The van der Waals surface area contributed by atoms with Crippen LogP contribution >= 0.6 is 0 Å². The first-order valence-corrected chi connectivity index (χ1v) is 10.9. The van der Waals surface area contributed by atoms with Gasteiger partial charge in [0.2, 0.25) is 0 Å². The van der Waals surface area contributed by atoms with Crippen LogP contribution in [0.15, 0.2) is 30.6 Å². The highest BCUT2D eigenvalue weighted by molar-refractivity contribution is 5.37. The summed E-state index contributed by atoms with van der Waals surface area (Å²) in [5.41, 5.74) is 7.90. The van der Waals surface area contributed by atoms with Crippen molar-refractivity contribution >= 4 is 5.82 Å². The van der Waals surface area contributed by atoms with Crippen LogP contribution in [-0.2, 0) is 0 Å². The number of halogens is 2. The smallest absolute Gasteiger partial charge is 0.147 e. The van der Waals surface area contributed by atoms with Crippen LogP contribution in [0.2, 0.25) is 0 Å². The molecule has 8 heteroatoms. The van der Waals surface area contributed by atoms with Gasteiger partial charge in [0.15, 0.2) is 0 Å². The maximum Gasteiger partial charge on any atom is 0.147 e. The zero-order valence-electron chi connectivity index (χ0n) is 17.0. The molecule has 5 rings (SSSR count). The van der Waals surface area contributed by atoms with Gasteiger partial charge in [0.1, 0.15) is 17.5 Å². The van der Waals surface area contributed by atoms with Crippen molar-refractivity contribution in [1.82, 2.24) is 26.1 Å². The molecule has 4 unspecified atom stereocenters. The topological polar surface area (TPSA) is 65.1 Å². The van der Waals surface area contributed by atoms with Gasteiger partial charge in [-0.2, -0.15) is 0 Å². The first kappa shape index (κ1) is 19.8. The van der Waals surface area contributed by atoms with Gasteiger partial charge >= 0.3 is 0 Å². The van der Waals surface area contributed by atoms with Gasteiger partial charge < -0.3 is 10.2 Å². The second kappa shape index (κ2) is 8.53. The predicted octanol–water partition coefficient (Wildman–Crippen LogP) is 2.66. The van der Waals surface area contributed by atoms with E-state index in [1.54, 1.807) is 0 Å². The lowest BCUT2D eigenvalue weighted by molar-refractivity contribution is 0.269. The molecule has 1 aromatic heterocycles. The van der Waals surface area contributed by atoms with E-state index in [1.807, 2.05) is 12.4 Å². The fourth-order valence-electron chi connectivity index (χ4n) is 5.26. The number of benzene rings is 1. The molecule has 1 saturated carbocycles. The Morgan fingerprint density at radius 3 is 2.73 bits per heavy atom. The quantitative estimate of drug-likeness (QED) is 0.718. The van der Waals surface area contributed by atoms with E-state index in [1.165, 1.54) is 18.2 Å². The lowest BCUT2D eigenvalue weighted by atomic mass is 9.73. The minimum Gasteiger partial charge on any atom is -0.354 e. The Hall–Kier alpha value is -2.16. The van der Waals surface area contributed by atoms with Gasteiger partial charge in [-0.25, -0.2) is 19.2 Å². The van der Waals surface area contributed by atoms with E-state index in [0.29, 0.717) is 6.42 Å². The highest BCUT2D eigenvalue weighted by Gasteiger charge is 2.43. The fourth-order valence-corrected chi connectivity index (χ4v) is 5.26. The van der Waals surface area contributed by atoms with Crippen molar-refractivity contribution < 1.29 is 8.78 Å². The van der Waals surface area contributed by atoms with Crippen LogP contribution in [0.1, 0.15) is 48.9 Å². The van der Waals surface area contributed by atoms with E-state index in [9.17, 15) is 8.78 Å². The summed E-state index contributed by atoms with van der Waals surface area (Å²) in [5, 5.41) is 3.41. The largest absolute Gasteiger partial charge is 0.354 e. The second-order valence-corrected chi connectivity index (χ2v) is 8.57. The molecular formula is C22H28F2N6. The maximum absolute atomic E-state index is 14.4. The molecule has 3 N–H and O–H groups in total. The van der Waals surface area contributed by atoms with E-state index >= 15 is 0 Å². The number of aromatic nitrogens is 2. The van der Waals surface area contributed by atoms with E-state index in [4.69, 9.17) is 4.98 Å².